The minimum atomic E-state index is -1.69. The summed E-state index contributed by atoms with van der Waals surface area (Å²) >= 11 is 6.95. The van der Waals surface area contributed by atoms with Crippen molar-refractivity contribution in [2.45, 2.75) is 33.3 Å². The number of fused-ring (bicyclic) bond motifs is 1. The normalized spacial score (nSPS) is 14.2. The van der Waals surface area contributed by atoms with Crippen molar-refractivity contribution in [3.63, 3.8) is 0 Å². The topological polar surface area (TPSA) is 104 Å². The Morgan fingerprint density at radius 3 is 1.79 bits per heavy atom. The average molecular weight is 576 g/mol. The fourth-order valence-electron chi connectivity index (χ4n) is 4.38. The van der Waals surface area contributed by atoms with Crippen LogP contribution in [0.4, 0.5) is 0 Å². The number of ether oxygens (including phenoxy) is 1. The molecule has 1 aliphatic heterocycles. The standard InChI is InChI=1S/C25H20Br2O6/c1-10-7-17(21(28)12(3)19(10)26)25(18-8-11(2)20(27)13(4)22(18)29)16-6-5-14(23(30)31)9-15(16)24(32)33-25/h5-9,28-29H,1-4H3,(H,30,31). The number of phenols is 2. The SMILES string of the molecule is Cc1cc(C2(c3cc(C)c(Br)c(C)c3O)OC(=O)c3cc(C(=O)O)ccc32)c(O)c(C)c1Br. The monoisotopic (exact) mass is 574 g/mol. The third kappa shape index (κ3) is 3.27. The molecule has 1 aliphatic rings. The summed E-state index contributed by atoms with van der Waals surface area (Å²) in [5, 5.41) is 31.9. The Balaban J connectivity index is 2.20. The van der Waals surface area contributed by atoms with Crippen LogP contribution in [0.2, 0.25) is 0 Å². The van der Waals surface area contributed by atoms with Crippen molar-refractivity contribution in [2.75, 3.05) is 0 Å². The molecule has 0 unspecified atom stereocenters. The van der Waals surface area contributed by atoms with Gasteiger partial charge in [0.1, 0.15) is 11.5 Å². The van der Waals surface area contributed by atoms with E-state index in [9.17, 15) is 24.9 Å². The molecule has 0 bridgehead atoms. The number of hydrogen-bond donors (Lipinski definition) is 3. The largest absolute Gasteiger partial charge is 0.507 e. The van der Waals surface area contributed by atoms with E-state index in [0.717, 1.165) is 11.1 Å². The molecular formula is C25H20Br2O6. The first-order valence-corrected chi connectivity index (χ1v) is 11.6. The fourth-order valence-corrected chi connectivity index (χ4v) is 4.99. The molecule has 33 heavy (non-hydrogen) atoms. The van der Waals surface area contributed by atoms with Crippen LogP contribution in [-0.4, -0.2) is 27.3 Å². The summed E-state index contributed by atoms with van der Waals surface area (Å²) in [6.45, 7) is 7.15. The summed E-state index contributed by atoms with van der Waals surface area (Å²) in [5.74, 6) is -2.14. The number of cyclic esters (lactones) is 1. The molecule has 8 heteroatoms. The predicted molar refractivity (Wildman–Crippen MR) is 129 cm³/mol. The highest BCUT2D eigenvalue weighted by Crippen LogP contribution is 2.54. The molecule has 0 saturated carbocycles. The van der Waals surface area contributed by atoms with Gasteiger partial charge >= 0.3 is 11.9 Å². The molecule has 1 heterocycles. The molecule has 4 rings (SSSR count). The molecule has 3 N–H and O–H groups in total. The van der Waals surface area contributed by atoms with E-state index in [1.807, 2.05) is 13.8 Å². The van der Waals surface area contributed by atoms with Gasteiger partial charge < -0.3 is 20.1 Å². The summed E-state index contributed by atoms with van der Waals surface area (Å²) in [6.07, 6.45) is 0. The van der Waals surface area contributed by atoms with Crippen LogP contribution >= 0.6 is 31.9 Å². The molecule has 3 aromatic rings. The molecule has 0 fully saturated rings. The molecule has 0 atom stereocenters. The maximum Gasteiger partial charge on any atom is 0.340 e. The lowest BCUT2D eigenvalue weighted by Crippen LogP contribution is -2.30. The van der Waals surface area contributed by atoms with Crippen LogP contribution in [0.25, 0.3) is 0 Å². The Morgan fingerprint density at radius 2 is 1.33 bits per heavy atom. The maximum absolute atomic E-state index is 13.1. The van der Waals surface area contributed by atoms with E-state index < -0.39 is 17.5 Å². The summed E-state index contributed by atoms with van der Waals surface area (Å²) < 4.78 is 7.42. The molecule has 0 aliphatic carbocycles. The van der Waals surface area contributed by atoms with Crippen molar-refractivity contribution in [3.05, 3.63) is 89.3 Å². The number of carboxylic acids is 1. The number of esters is 1. The number of hydrogen-bond acceptors (Lipinski definition) is 5. The van der Waals surface area contributed by atoms with Gasteiger partial charge in [-0.05, 0) is 63.1 Å². The van der Waals surface area contributed by atoms with E-state index in [1.165, 1.54) is 18.2 Å². The summed E-state index contributed by atoms with van der Waals surface area (Å²) in [6, 6.07) is 7.54. The average Bonchev–Trinajstić information content (AvgIpc) is 3.08. The van der Waals surface area contributed by atoms with Crippen LogP contribution < -0.4 is 0 Å². The fraction of sp³-hybridized carbons (Fsp3) is 0.200. The molecule has 170 valence electrons. The zero-order valence-corrected chi connectivity index (χ0v) is 21.4. The van der Waals surface area contributed by atoms with Gasteiger partial charge in [-0.25, -0.2) is 9.59 Å². The zero-order chi connectivity index (χ0) is 24.4. The molecule has 0 saturated heterocycles. The summed E-state index contributed by atoms with van der Waals surface area (Å²) in [5.41, 5.74) is 1.84. The highest BCUT2D eigenvalue weighted by atomic mass is 79.9. The lowest BCUT2D eigenvalue weighted by atomic mass is 9.76. The molecule has 6 nitrogen and oxygen atoms in total. The zero-order valence-electron chi connectivity index (χ0n) is 18.2. The molecule has 0 aromatic heterocycles. The van der Waals surface area contributed by atoms with E-state index in [2.05, 4.69) is 31.9 Å². The van der Waals surface area contributed by atoms with Crippen molar-refractivity contribution in [1.82, 2.24) is 0 Å². The van der Waals surface area contributed by atoms with E-state index in [4.69, 9.17) is 4.74 Å². The molecule has 3 aromatic carbocycles. The van der Waals surface area contributed by atoms with Crippen LogP contribution in [0.3, 0.4) is 0 Å². The second-order valence-corrected chi connectivity index (χ2v) is 9.78. The number of rotatable bonds is 3. The number of carbonyl (C=O) groups is 2. The number of aryl methyl sites for hydroxylation is 2. The van der Waals surface area contributed by atoms with Gasteiger partial charge in [0.05, 0.1) is 11.1 Å². The van der Waals surface area contributed by atoms with E-state index >= 15 is 0 Å². The minimum absolute atomic E-state index is 0.0603. The van der Waals surface area contributed by atoms with Crippen LogP contribution in [0.1, 0.15) is 59.7 Å². The van der Waals surface area contributed by atoms with Crippen LogP contribution in [-0.2, 0) is 10.3 Å². The second-order valence-electron chi connectivity index (χ2n) is 8.19. The van der Waals surface area contributed by atoms with Gasteiger partial charge in [0.25, 0.3) is 0 Å². The van der Waals surface area contributed by atoms with Gasteiger partial charge in [0, 0.05) is 36.8 Å². The van der Waals surface area contributed by atoms with Gasteiger partial charge in [-0.1, -0.05) is 37.9 Å². The lowest BCUT2D eigenvalue weighted by Gasteiger charge is -2.33. The number of carboxylic acid groups (broad SMARTS) is 1. The third-order valence-electron chi connectivity index (χ3n) is 6.16. The number of halogens is 2. The lowest BCUT2D eigenvalue weighted by molar-refractivity contribution is 0.0238. The summed E-state index contributed by atoms with van der Waals surface area (Å²) in [4.78, 5) is 24.6. The van der Waals surface area contributed by atoms with Crippen LogP contribution in [0.15, 0.2) is 39.3 Å². The van der Waals surface area contributed by atoms with E-state index in [0.29, 0.717) is 25.6 Å². The van der Waals surface area contributed by atoms with Crippen molar-refractivity contribution in [2.24, 2.45) is 0 Å². The van der Waals surface area contributed by atoms with Gasteiger partial charge in [0.15, 0.2) is 5.60 Å². The Morgan fingerprint density at radius 1 is 0.848 bits per heavy atom. The van der Waals surface area contributed by atoms with Gasteiger partial charge in [-0.3, -0.25) is 0 Å². The number of benzene rings is 3. The minimum Gasteiger partial charge on any atom is -0.507 e. The Bertz CT molecular complexity index is 1310. The van der Waals surface area contributed by atoms with Crippen LogP contribution in [0, 0.1) is 27.7 Å². The predicted octanol–water partition coefficient (Wildman–Crippen LogP) is 6.02. The first-order valence-electron chi connectivity index (χ1n) is 10.0. The van der Waals surface area contributed by atoms with Gasteiger partial charge in [-0.15, -0.1) is 0 Å². The number of aromatic hydroxyl groups is 2. The molecule has 0 spiro atoms. The Hall–Kier alpha value is -2.84. The molecular weight excluding hydrogens is 556 g/mol. The summed E-state index contributed by atoms with van der Waals surface area (Å²) in [7, 11) is 0. The Kier molecular flexibility index (Phi) is 5.57. The first-order chi connectivity index (χ1) is 15.4. The first kappa shape index (κ1) is 23.3. The number of carbonyl (C=O) groups excluding carboxylic acids is 1. The van der Waals surface area contributed by atoms with Crippen molar-refractivity contribution < 1.29 is 29.6 Å². The number of aromatic carboxylic acids is 1. The maximum atomic E-state index is 13.1. The van der Waals surface area contributed by atoms with Gasteiger partial charge in [0.2, 0.25) is 0 Å². The van der Waals surface area contributed by atoms with E-state index in [-0.39, 0.29) is 33.8 Å². The smallest absolute Gasteiger partial charge is 0.340 e. The molecule has 0 radical (unpaired) electrons. The third-order valence-corrected chi connectivity index (χ3v) is 8.60. The van der Waals surface area contributed by atoms with Gasteiger partial charge in [-0.2, -0.15) is 0 Å². The highest BCUT2D eigenvalue weighted by Gasteiger charge is 2.52. The Labute approximate surface area is 207 Å². The highest BCUT2D eigenvalue weighted by molar-refractivity contribution is 9.10. The quantitative estimate of drug-likeness (QED) is 0.330. The number of phenolic OH excluding ortho intramolecular Hbond substituents is 2. The molecule has 0 amide bonds. The van der Waals surface area contributed by atoms with E-state index in [1.54, 1.807) is 26.0 Å². The second kappa shape index (κ2) is 7.88. The van der Waals surface area contributed by atoms with Crippen molar-refractivity contribution >= 4 is 43.8 Å². The van der Waals surface area contributed by atoms with Crippen molar-refractivity contribution in [3.8, 4) is 11.5 Å². The van der Waals surface area contributed by atoms with Crippen molar-refractivity contribution in [1.29, 1.82) is 0 Å². The van der Waals surface area contributed by atoms with Crippen LogP contribution in [0.5, 0.6) is 11.5 Å².